The fourth-order valence-corrected chi connectivity index (χ4v) is 0.448. The first-order valence-corrected chi connectivity index (χ1v) is 3.57. The minimum Gasteiger partial charge on any atom is -0.250 e. The van der Waals surface area contributed by atoms with E-state index >= 15 is 0 Å². The zero-order chi connectivity index (χ0) is 8.53. The third-order valence-electron chi connectivity index (χ3n) is 0.999. The molecule has 0 aliphatic rings. The van der Waals surface area contributed by atoms with Crippen LogP contribution < -0.4 is 0 Å². The number of allylic oxidation sites excluding steroid dienone is 3. The summed E-state index contributed by atoms with van der Waals surface area (Å²) in [5, 5.41) is 8.30. The summed E-state index contributed by atoms with van der Waals surface area (Å²) >= 11 is 0. The molecule has 0 heterocycles. The van der Waals surface area contributed by atoms with Gasteiger partial charge in [0.05, 0.1) is 0 Å². The van der Waals surface area contributed by atoms with Crippen molar-refractivity contribution in [1.82, 2.24) is 0 Å². The van der Waals surface area contributed by atoms with Crippen molar-refractivity contribution in [2.45, 2.75) is 20.3 Å². The van der Waals surface area contributed by atoms with Crippen LogP contribution in [0, 0.1) is 11.3 Å². The van der Waals surface area contributed by atoms with E-state index in [1.807, 2.05) is 24.3 Å². The molecule has 0 aromatic heterocycles. The lowest BCUT2D eigenvalue weighted by Gasteiger charge is -1.77. The summed E-state index contributed by atoms with van der Waals surface area (Å²) in [4.78, 5) is 3.84. The van der Waals surface area contributed by atoms with E-state index in [-0.39, 0.29) is 0 Å². The maximum absolute atomic E-state index is 8.30. The highest BCUT2D eigenvalue weighted by atomic mass is 14.7. The van der Waals surface area contributed by atoms with Gasteiger partial charge >= 0.3 is 0 Å². The monoisotopic (exact) mass is 148 g/mol. The van der Waals surface area contributed by atoms with Crippen molar-refractivity contribution in [3.05, 3.63) is 24.4 Å². The van der Waals surface area contributed by atoms with Crippen LogP contribution in [-0.2, 0) is 0 Å². The maximum Gasteiger partial charge on any atom is 0.115 e. The second-order valence-corrected chi connectivity index (χ2v) is 2.00. The molecule has 0 bridgehead atoms. The molecule has 2 nitrogen and oxygen atoms in total. The molecule has 0 radical (unpaired) electrons. The van der Waals surface area contributed by atoms with Crippen molar-refractivity contribution < 1.29 is 0 Å². The largest absolute Gasteiger partial charge is 0.250 e. The van der Waals surface area contributed by atoms with E-state index in [0.717, 1.165) is 6.42 Å². The van der Waals surface area contributed by atoms with Gasteiger partial charge in [-0.15, -0.1) is 0 Å². The molecule has 0 saturated carbocycles. The summed E-state index contributed by atoms with van der Waals surface area (Å²) in [5.74, 6) is 0. The summed E-state index contributed by atoms with van der Waals surface area (Å²) in [6, 6.07) is 1.93. The smallest absolute Gasteiger partial charge is 0.115 e. The van der Waals surface area contributed by atoms with Gasteiger partial charge in [-0.2, -0.15) is 5.26 Å². The summed E-state index contributed by atoms with van der Waals surface area (Å²) in [6.07, 6.45) is 8.38. The molecule has 58 valence electrons. The van der Waals surface area contributed by atoms with Gasteiger partial charge in [-0.05, 0) is 19.4 Å². The summed E-state index contributed by atoms with van der Waals surface area (Å²) in [5.41, 5.74) is 0.478. The molecule has 0 amide bonds. The minimum absolute atomic E-state index is 0.478. The molecule has 2 heteroatoms. The summed E-state index contributed by atoms with van der Waals surface area (Å²) in [7, 11) is 0. The second-order valence-electron chi connectivity index (χ2n) is 2.00. The van der Waals surface area contributed by atoms with Gasteiger partial charge in [0, 0.05) is 6.20 Å². The van der Waals surface area contributed by atoms with Crippen molar-refractivity contribution in [1.29, 1.82) is 5.26 Å². The molecule has 0 atom stereocenters. The Kier molecular flexibility index (Phi) is 5.92. The number of nitrogens with zero attached hydrogens (tertiary/aromatic N) is 2. The topological polar surface area (TPSA) is 36.1 Å². The third-order valence-corrected chi connectivity index (χ3v) is 0.999. The average Bonchev–Trinajstić information content (AvgIpc) is 2.04. The van der Waals surface area contributed by atoms with Crippen LogP contribution in [0.2, 0.25) is 0 Å². The highest BCUT2D eigenvalue weighted by Crippen LogP contribution is 1.83. The molecule has 0 aliphatic heterocycles. The first-order chi connectivity index (χ1) is 5.31. The lowest BCUT2D eigenvalue weighted by Crippen LogP contribution is -1.79. The van der Waals surface area contributed by atoms with E-state index in [4.69, 9.17) is 5.26 Å². The predicted octanol–water partition coefficient (Wildman–Crippen LogP) is 2.45. The molecule has 0 aromatic carbocycles. The predicted molar refractivity (Wildman–Crippen MR) is 47.3 cm³/mol. The van der Waals surface area contributed by atoms with Gasteiger partial charge in [0.2, 0.25) is 0 Å². The first kappa shape index (κ1) is 9.64. The lowest BCUT2D eigenvalue weighted by atomic mass is 10.4. The Balaban J connectivity index is 3.79. The number of hydrogen-bond donors (Lipinski definition) is 0. The standard InChI is InChI=1S/C9H12N2/c1-3-4-5-6-7-11-9(2)8-10/h4-7H,3H2,1-2H3/b5-4-,7-6-,11-9?. The van der Waals surface area contributed by atoms with Crippen LogP contribution >= 0.6 is 0 Å². The number of aliphatic imine (C=N–C) groups is 1. The quantitative estimate of drug-likeness (QED) is 0.447. The molecular formula is C9H12N2. The molecule has 0 aliphatic carbocycles. The Morgan fingerprint density at radius 1 is 1.55 bits per heavy atom. The zero-order valence-corrected chi connectivity index (χ0v) is 6.91. The van der Waals surface area contributed by atoms with Crippen molar-refractivity contribution in [3.8, 4) is 6.07 Å². The minimum atomic E-state index is 0.478. The molecule has 0 saturated heterocycles. The van der Waals surface area contributed by atoms with E-state index in [9.17, 15) is 0 Å². The van der Waals surface area contributed by atoms with Crippen LogP contribution in [0.3, 0.4) is 0 Å². The van der Waals surface area contributed by atoms with Crippen LogP contribution in [0.4, 0.5) is 0 Å². The normalized spacial score (nSPS) is 12.6. The van der Waals surface area contributed by atoms with E-state index in [0.29, 0.717) is 5.71 Å². The molecule has 11 heavy (non-hydrogen) atoms. The van der Waals surface area contributed by atoms with Gasteiger partial charge in [-0.3, -0.25) is 4.99 Å². The van der Waals surface area contributed by atoms with Gasteiger partial charge < -0.3 is 0 Å². The highest BCUT2D eigenvalue weighted by Gasteiger charge is 1.77. The molecule has 0 N–H and O–H groups in total. The van der Waals surface area contributed by atoms with E-state index in [2.05, 4.69) is 11.9 Å². The van der Waals surface area contributed by atoms with E-state index in [1.54, 1.807) is 13.1 Å². The van der Waals surface area contributed by atoms with Crippen molar-refractivity contribution in [3.63, 3.8) is 0 Å². The third kappa shape index (κ3) is 6.53. The van der Waals surface area contributed by atoms with Crippen LogP contribution in [-0.4, -0.2) is 5.71 Å². The number of nitriles is 1. The first-order valence-electron chi connectivity index (χ1n) is 3.57. The Bertz CT molecular complexity index is 216. The maximum atomic E-state index is 8.30. The zero-order valence-electron chi connectivity index (χ0n) is 6.91. The molecular weight excluding hydrogens is 136 g/mol. The Labute approximate surface area is 67.6 Å². The molecule has 0 spiro atoms. The van der Waals surface area contributed by atoms with Gasteiger partial charge in [0.15, 0.2) is 0 Å². The summed E-state index contributed by atoms with van der Waals surface area (Å²) in [6.45, 7) is 3.74. The van der Waals surface area contributed by atoms with Crippen LogP contribution in [0.5, 0.6) is 0 Å². The van der Waals surface area contributed by atoms with Crippen LogP contribution in [0.1, 0.15) is 20.3 Å². The van der Waals surface area contributed by atoms with Gasteiger partial charge in [-0.25, -0.2) is 0 Å². The van der Waals surface area contributed by atoms with Gasteiger partial charge in [0.25, 0.3) is 0 Å². The summed E-state index contributed by atoms with van der Waals surface area (Å²) < 4.78 is 0. The van der Waals surface area contributed by atoms with E-state index < -0.39 is 0 Å². The fraction of sp³-hybridized carbons (Fsp3) is 0.333. The van der Waals surface area contributed by atoms with Crippen molar-refractivity contribution in [2.75, 3.05) is 0 Å². The van der Waals surface area contributed by atoms with Crippen LogP contribution in [0.25, 0.3) is 0 Å². The molecule has 0 aromatic rings. The average molecular weight is 148 g/mol. The van der Waals surface area contributed by atoms with Crippen LogP contribution in [0.15, 0.2) is 29.4 Å². The van der Waals surface area contributed by atoms with E-state index in [1.165, 1.54) is 0 Å². The second kappa shape index (κ2) is 6.76. The van der Waals surface area contributed by atoms with Gasteiger partial charge in [-0.1, -0.05) is 19.1 Å². The Hall–Kier alpha value is -1.36. The Morgan fingerprint density at radius 3 is 2.82 bits per heavy atom. The Morgan fingerprint density at radius 2 is 2.27 bits per heavy atom. The van der Waals surface area contributed by atoms with Crippen molar-refractivity contribution >= 4 is 5.71 Å². The number of hydrogen-bond acceptors (Lipinski definition) is 2. The highest BCUT2D eigenvalue weighted by molar-refractivity contribution is 5.96. The fourth-order valence-electron chi connectivity index (χ4n) is 0.448. The van der Waals surface area contributed by atoms with Crippen molar-refractivity contribution in [2.24, 2.45) is 4.99 Å². The SMILES string of the molecule is CC/C=C\C=C/N=C(C)C#N. The molecule has 0 rings (SSSR count). The number of rotatable bonds is 3. The lowest BCUT2D eigenvalue weighted by molar-refractivity contribution is 1.22. The van der Waals surface area contributed by atoms with Gasteiger partial charge in [0.1, 0.15) is 11.8 Å². The molecule has 0 fully saturated rings. The molecule has 0 unspecified atom stereocenters.